The largest absolute Gasteiger partial charge is 0.465 e. The Labute approximate surface area is 134 Å². The number of methoxy groups -OCH3 is 1. The summed E-state index contributed by atoms with van der Waals surface area (Å²) in [6, 6.07) is 13.1. The van der Waals surface area contributed by atoms with Gasteiger partial charge in [0.15, 0.2) is 0 Å². The number of esters is 1. The van der Waals surface area contributed by atoms with E-state index >= 15 is 0 Å². The highest BCUT2D eigenvalue weighted by Gasteiger charge is 2.14. The lowest BCUT2D eigenvalue weighted by Gasteiger charge is -2.09. The fraction of sp³-hybridized carbons (Fsp3) is 0.0588. The number of hydrogen-bond donors (Lipinski definition) is 0. The van der Waals surface area contributed by atoms with Crippen LogP contribution < -0.4 is 0 Å². The summed E-state index contributed by atoms with van der Waals surface area (Å²) in [6.07, 6.45) is 0. The number of carbonyl (C=O) groups is 1. The SMILES string of the molecule is COC(=O)c1cc(-c2ccc(F)cc2)nc2ccc(Br)cc12. The molecule has 2 aromatic carbocycles. The highest BCUT2D eigenvalue weighted by atomic mass is 79.9. The van der Waals surface area contributed by atoms with E-state index in [2.05, 4.69) is 20.9 Å². The number of ether oxygens (including phenoxy) is 1. The van der Waals surface area contributed by atoms with E-state index in [1.807, 2.05) is 18.2 Å². The quantitative estimate of drug-likeness (QED) is 0.628. The Bertz CT molecular complexity index is 862. The van der Waals surface area contributed by atoms with E-state index in [0.717, 1.165) is 10.0 Å². The molecule has 3 rings (SSSR count). The Balaban J connectivity index is 2.26. The maximum absolute atomic E-state index is 13.1. The van der Waals surface area contributed by atoms with Gasteiger partial charge in [0.05, 0.1) is 23.9 Å². The molecule has 0 aliphatic carbocycles. The van der Waals surface area contributed by atoms with Crippen LogP contribution in [-0.2, 0) is 4.74 Å². The zero-order valence-electron chi connectivity index (χ0n) is 11.6. The predicted octanol–water partition coefficient (Wildman–Crippen LogP) is 4.59. The molecule has 0 saturated heterocycles. The maximum Gasteiger partial charge on any atom is 0.338 e. The molecule has 0 amide bonds. The van der Waals surface area contributed by atoms with Crippen molar-refractivity contribution >= 4 is 32.8 Å². The smallest absolute Gasteiger partial charge is 0.338 e. The van der Waals surface area contributed by atoms with Crippen LogP contribution in [0, 0.1) is 5.82 Å². The summed E-state index contributed by atoms with van der Waals surface area (Å²) in [6.45, 7) is 0. The first-order chi connectivity index (χ1) is 10.6. The molecule has 0 N–H and O–H groups in total. The Hall–Kier alpha value is -2.27. The van der Waals surface area contributed by atoms with Crippen LogP contribution in [0.25, 0.3) is 22.2 Å². The van der Waals surface area contributed by atoms with Crippen molar-refractivity contribution < 1.29 is 13.9 Å². The van der Waals surface area contributed by atoms with Gasteiger partial charge in [-0.15, -0.1) is 0 Å². The number of carbonyl (C=O) groups excluding carboxylic acids is 1. The lowest BCUT2D eigenvalue weighted by Crippen LogP contribution is -2.04. The molecular formula is C17H11BrFNO2. The van der Waals surface area contributed by atoms with Crippen molar-refractivity contribution in [1.29, 1.82) is 0 Å². The monoisotopic (exact) mass is 359 g/mol. The fourth-order valence-electron chi connectivity index (χ4n) is 2.25. The van der Waals surface area contributed by atoms with Gasteiger partial charge in [-0.25, -0.2) is 14.2 Å². The normalized spacial score (nSPS) is 10.7. The molecule has 22 heavy (non-hydrogen) atoms. The van der Waals surface area contributed by atoms with Crippen LogP contribution in [0.2, 0.25) is 0 Å². The van der Waals surface area contributed by atoms with Crippen LogP contribution >= 0.6 is 15.9 Å². The van der Waals surface area contributed by atoms with Crippen molar-refractivity contribution in [2.75, 3.05) is 7.11 Å². The third kappa shape index (κ3) is 2.72. The molecule has 110 valence electrons. The number of nitrogens with zero attached hydrogens (tertiary/aromatic N) is 1. The molecule has 0 spiro atoms. The zero-order valence-corrected chi connectivity index (χ0v) is 13.2. The Morgan fingerprint density at radius 2 is 1.86 bits per heavy atom. The Morgan fingerprint density at radius 1 is 1.14 bits per heavy atom. The van der Waals surface area contributed by atoms with Gasteiger partial charge in [-0.3, -0.25) is 0 Å². The fourth-order valence-corrected chi connectivity index (χ4v) is 2.61. The molecule has 5 heteroatoms. The van der Waals surface area contributed by atoms with Gasteiger partial charge in [0.1, 0.15) is 5.82 Å². The summed E-state index contributed by atoms with van der Waals surface area (Å²) in [4.78, 5) is 16.6. The van der Waals surface area contributed by atoms with Gasteiger partial charge in [0.2, 0.25) is 0 Å². The molecule has 1 aromatic heterocycles. The Kier molecular flexibility index (Phi) is 3.90. The van der Waals surface area contributed by atoms with Gasteiger partial charge in [-0.05, 0) is 48.5 Å². The number of pyridine rings is 1. The molecule has 0 aliphatic rings. The number of rotatable bonds is 2. The summed E-state index contributed by atoms with van der Waals surface area (Å²) in [5.41, 5.74) is 2.42. The van der Waals surface area contributed by atoms with Crippen LogP contribution in [0.15, 0.2) is 53.0 Å². The third-order valence-electron chi connectivity index (χ3n) is 3.32. The Morgan fingerprint density at radius 3 is 2.55 bits per heavy atom. The molecule has 0 aliphatic heterocycles. The van der Waals surface area contributed by atoms with Crippen LogP contribution in [0.3, 0.4) is 0 Å². The van der Waals surface area contributed by atoms with Crippen LogP contribution in [0.1, 0.15) is 10.4 Å². The minimum Gasteiger partial charge on any atom is -0.465 e. The van der Waals surface area contributed by atoms with E-state index in [0.29, 0.717) is 22.2 Å². The summed E-state index contributed by atoms with van der Waals surface area (Å²) in [7, 11) is 1.34. The summed E-state index contributed by atoms with van der Waals surface area (Å²) >= 11 is 3.39. The highest BCUT2D eigenvalue weighted by Crippen LogP contribution is 2.27. The molecule has 3 aromatic rings. The molecule has 0 unspecified atom stereocenters. The van der Waals surface area contributed by atoms with E-state index in [1.165, 1.54) is 19.2 Å². The second-order valence-electron chi connectivity index (χ2n) is 4.72. The molecule has 0 fully saturated rings. The van der Waals surface area contributed by atoms with Gasteiger partial charge in [-0.2, -0.15) is 0 Å². The molecular weight excluding hydrogens is 349 g/mol. The molecule has 0 radical (unpaired) electrons. The van der Waals surface area contributed by atoms with Crippen molar-refractivity contribution in [2.24, 2.45) is 0 Å². The van der Waals surface area contributed by atoms with Gasteiger partial charge in [0, 0.05) is 15.4 Å². The number of benzene rings is 2. The molecule has 0 saturated carbocycles. The first-order valence-corrected chi connectivity index (χ1v) is 7.32. The molecule has 1 heterocycles. The summed E-state index contributed by atoms with van der Waals surface area (Å²) in [5, 5.41) is 0.701. The second-order valence-corrected chi connectivity index (χ2v) is 5.63. The topological polar surface area (TPSA) is 39.2 Å². The standard InChI is InChI=1S/C17H11BrFNO2/c1-22-17(21)14-9-16(10-2-5-12(19)6-3-10)20-15-7-4-11(18)8-13(14)15/h2-9H,1H3. The van der Waals surface area contributed by atoms with Gasteiger partial charge in [0.25, 0.3) is 0 Å². The van der Waals surface area contributed by atoms with Crippen molar-refractivity contribution in [3.63, 3.8) is 0 Å². The molecule has 0 atom stereocenters. The second kappa shape index (κ2) is 5.85. The summed E-state index contributed by atoms with van der Waals surface area (Å²) in [5.74, 6) is -0.754. The number of halogens is 2. The lowest BCUT2D eigenvalue weighted by molar-refractivity contribution is 0.0603. The number of aromatic nitrogens is 1. The lowest BCUT2D eigenvalue weighted by atomic mass is 10.0. The first kappa shape index (κ1) is 14.7. The highest BCUT2D eigenvalue weighted by molar-refractivity contribution is 9.10. The van der Waals surface area contributed by atoms with Crippen molar-refractivity contribution in [1.82, 2.24) is 4.98 Å². The third-order valence-corrected chi connectivity index (χ3v) is 3.81. The van der Waals surface area contributed by atoms with E-state index < -0.39 is 5.97 Å². The maximum atomic E-state index is 13.1. The van der Waals surface area contributed by atoms with E-state index in [1.54, 1.807) is 18.2 Å². The van der Waals surface area contributed by atoms with Crippen molar-refractivity contribution in [3.05, 3.63) is 64.4 Å². The van der Waals surface area contributed by atoms with E-state index in [4.69, 9.17) is 4.74 Å². The van der Waals surface area contributed by atoms with Crippen molar-refractivity contribution in [3.8, 4) is 11.3 Å². The van der Waals surface area contributed by atoms with Gasteiger partial charge >= 0.3 is 5.97 Å². The molecule has 3 nitrogen and oxygen atoms in total. The number of fused-ring (bicyclic) bond motifs is 1. The van der Waals surface area contributed by atoms with E-state index in [-0.39, 0.29) is 5.82 Å². The average Bonchev–Trinajstić information content (AvgIpc) is 2.54. The minimum absolute atomic E-state index is 0.318. The first-order valence-electron chi connectivity index (χ1n) is 6.53. The average molecular weight is 360 g/mol. The van der Waals surface area contributed by atoms with Crippen molar-refractivity contribution in [2.45, 2.75) is 0 Å². The van der Waals surface area contributed by atoms with Gasteiger partial charge < -0.3 is 4.74 Å². The molecule has 0 bridgehead atoms. The predicted molar refractivity (Wildman–Crippen MR) is 86.2 cm³/mol. The van der Waals surface area contributed by atoms with Gasteiger partial charge in [-0.1, -0.05) is 15.9 Å². The van der Waals surface area contributed by atoms with E-state index in [9.17, 15) is 9.18 Å². The zero-order chi connectivity index (χ0) is 15.7. The number of hydrogen-bond acceptors (Lipinski definition) is 3. The minimum atomic E-state index is -0.436. The van der Waals surface area contributed by atoms with Crippen LogP contribution in [0.4, 0.5) is 4.39 Å². The summed E-state index contributed by atoms with van der Waals surface area (Å²) < 4.78 is 18.8. The van der Waals surface area contributed by atoms with Crippen LogP contribution in [0.5, 0.6) is 0 Å². The van der Waals surface area contributed by atoms with Crippen LogP contribution in [-0.4, -0.2) is 18.1 Å².